The number of aliphatic hydroxyl groups excluding tert-OH is 1. The number of pyridine rings is 1. The second-order valence-corrected chi connectivity index (χ2v) is 7.73. The van der Waals surface area contributed by atoms with Crippen molar-refractivity contribution in [2.45, 2.75) is 51.3 Å². The van der Waals surface area contributed by atoms with Crippen molar-refractivity contribution in [1.29, 1.82) is 0 Å². The largest absolute Gasteiger partial charge is 0.494 e. The van der Waals surface area contributed by atoms with E-state index in [9.17, 15) is 18.3 Å². The Morgan fingerprint density at radius 3 is 2.14 bits per heavy atom. The topological polar surface area (TPSA) is 63.6 Å². The summed E-state index contributed by atoms with van der Waals surface area (Å²) in [5.74, 6) is -0.0719. The zero-order valence-electron chi connectivity index (χ0n) is 16.0. The summed E-state index contributed by atoms with van der Waals surface area (Å²) >= 11 is 0. The molecule has 2 N–H and O–H groups in total. The molecular formula is C19H22BF3N2O3. The van der Waals surface area contributed by atoms with Crippen LogP contribution in [0, 0.1) is 0 Å². The molecule has 1 aromatic heterocycles. The van der Waals surface area contributed by atoms with Gasteiger partial charge in [-0.05, 0) is 45.3 Å². The Morgan fingerprint density at radius 2 is 1.61 bits per heavy atom. The molecule has 28 heavy (non-hydrogen) atoms. The number of nitrogens with zero attached hydrogens (tertiary/aromatic N) is 1. The zero-order chi connectivity index (χ0) is 20.7. The monoisotopic (exact) mass is 394 g/mol. The first-order valence-corrected chi connectivity index (χ1v) is 8.82. The van der Waals surface area contributed by atoms with Gasteiger partial charge in [0.1, 0.15) is 5.82 Å². The minimum atomic E-state index is -4.48. The highest BCUT2D eigenvalue weighted by molar-refractivity contribution is 6.62. The van der Waals surface area contributed by atoms with Crippen molar-refractivity contribution >= 4 is 18.4 Å². The summed E-state index contributed by atoms with van der Waals surface area (Å²) < 4.78 is 50.3. The molecule has 1 aliphatic heterocycles. The molecule has 1 aromatic carbocycles. The Balaban J connectivity index is 1.70. The van der Waals surface area contributed by atoms with E-state index in [-0.39, 0.29) is 5.82 Å². The van der Waals surface area contributed by atoms with Crippen LogP contribution in [-0.4, -0.2) is 28.4 Å². The van der Waals surface area contributed by atoms with Gasteiger partial charge in [-0.15, -0.1) is 0 Å². The molecule has 3 rings (SSSR count). The molecule has 0 saturated carbocycles. The van der Waals surface area contributed by atoms with Crippen molar-refractivity contribution in [1.82, 2.24) is 4.98 Å². The smallest absolute Gasteiger partial charge is 0.399 e. The average Bonchev–Trinajstić information content (AvgIpc) is 2.82. The van der Waals surface area contributed by atoms with Crippen LogP contribution in [0.25, 0.3) is 0 Å². The molecule has 0 spiro atoms. The molecule has 0 unspecified atom stereocenters. The van der Waals surface area contributed by atoms with Crippen LogP contribution in [0.1, 0.15) is 45.0 Å². The maximum atomic E-state index is 12.8. The molecule has 150 valence electrons. The highest BCUT2D eigenvalue weighted by Crippen LogP contribution is 2.36. The lowest BCUT2D eigenvalue weighted by Crippen LogP contribution is -2.41. The number of aromatic nitrogens is 1. The first-order valence-electron chi connectivity index (χ1n) is 8.82. The molecule has 0 amide bonds. The molecule has 1 fully saturated rings. The fraction of sp³-hybridized carbons (Fsp3) is 0.421. The van der Waals surface area contributed by atoms with Crippen molar-refractivity contribution in [2.24, 2.45) is 0 Å². The van der Waals surface area contributed by atoms with Gasteiger partial charge >= 0.3 is 13.3 Å². The molecular weight excluding hydrogens is 372 g/mol. The number of aliphatic hydroxyl groups is 1. The number of rotatable bonds is 4. The highest BCUT2D eigenvalue weighted by Gasteiger charge is 2.51. The van der Waals surface area contributed by atoms with E-state index in [1.54, 1.807) is 24.3 Å². The number of anilines is 1. The normalized spacial score (nSPS) is 19.5. The molecule has 1 atom stereocenters. The number of hydrogen-bond donors (Lipinski definition) is 2. The highest BCUT2D eigenvalue weighted by atomic mass is 19.4. The van der Waals surface area contributed by atoms with Crippen LogP contribution in [0.5, 0.6) is 0 Å². The Hall–Kier alpha value is -2.10. The van der Waals surface area contributed by atoms with Gasteiger partial charge in [0, 0.05) is 11.8 Å². The van der Waals surface area contributed by atoms with E-state index in [2.05, 4.69) is 10.3 Å². The predicted octanol–water partition coefficient (Wildman–Crippen LogP) is 3.50. The second-order valence-electron chi connectivity index (χ2n) is 7.73. The maximum Gasteiger partial charge on any atom is 0.494 e. The third kappa shape index (κ3) is 4.16. The Bertz CT molecular complexity index is 825. The van der Waals surface area contributed by atoms with Gasteiger partial charge in [-0.1, -0.05) is 24.3 Å². The van der Waals surface area contributed by atoms with Crippen LogP contribution >= 0.6 is 0 Å². The van der Waals surface area contributed by atoms with E-state index in [4.69, 9.17) is 9.31 Å². The Labute approximate surface area is 162 Å². The summed E-state index contributed by atoms with van der Waals surface area (Å²) in [6, 6.07) is 8.54. The van der Waals surface area contributed by atoms with E-state index in [0.29, 0.717) is 5.56 Å². The summed E-state index contributed by atoms with van der Waals surface area (Å²) in [5, 5.41) is 12.9. The second kappa shape index (κ2) is 7.06. The minimum Gasteiger partial charge on any atom is -0.399 e. The SMILES string of the molecule is CC1(C)OB(c2ccc([C@@H](O)Nc3cc(C(F)(F)F)ccn3)cc2)OC1(C)C. The van der Waals surface area contributed by atoms with Gasteiger partial charge in [0.15, 0.2) is 6.23 Å². The van der Waals surface area contributed by atoms with E-state index in [1.807, 2.05) is 27.7 Å². The van der Waals surface area contributed by atoms with Crippen molar-refractivity contribution in [3.63, 3.8) is 0 Å². The van der Waals surface area contributed by atoms with E-state index in [0.717, 1.165) is 23.8 Å². The van der Waals surface area contributed by atoms with Crippen LogP contribution in [0.2, 0.25) is 0 Å². The molecule has 0 bridgehead atoms. The first kappa shape index (κ1) is 20.6. The lowest BCUT2D eigenvalue weighted by molar-refractivity contribution is -0.137. The third-order valence-corrected chi connectivity index (χ3v) is 5.15. The van der Waals surface area contributed by atoms with Crippen molar-refractivity contribution in [3.05, 3.63) is 53.7 Å². The van der Waals surface area contributed by atoms with Crippen LogP contribution in [-0.2, 0) is 15.5 Å². The van der Waals surface area contributed by atoms with Crippen LogP contribution in [0.4, 0.5) is 19.0 Å². The summed E-state index contributed by atoms with van der Waals surface area (Å²) in [6.07, 6.45) is -4.66. The fourth-order valence-electron chi connectivity index (χ4n) is 2.72. The van der Waals surface area contributed by atoms with E-state index < -0.39 is 36.3 Å². The molecule has 9 heteroatoms. The number of benzene rings is 1. The van der Waals surface area contributed by atoms with E-state index >= 15 is 0 Å². The molecule has 2 heterocycles. The molecule has 2 aromatic rings. The average molecular weight is 394 g/mol. The molecule has 1 saturated heterocycles. The number of hydrogen-bond acceptors (Lipinski definition) is 5. The standard InChI is InChI=1S/C19H22BF3N2O3/c1-17(2)18(3,4)28-20(27-17)14-7-5-12(6-8-14)16(26)25-15-11-13(9-10-24-15)19(21,22)23/h5-11,16,26H,1-4H3,(H,24,25)/t16-/m1/s1. The maximum absolute atomic E-state index is 12.8. The zero-order valence-corrected chi connectivity index (χ0v) is 16.0. The Morgan fingerprint density at radius 1 is 1.04 bits per heavy atom. The predicted molar refractivity (Wildman–Crippen MR) is 100.0 cm³/mol. The van der Waals surface area contributed by atoms with Gasteiger partial charge in [-0.3, -0.25) is 0 Å². The third-order valence-electron chi connectivity index (χ3n) is 5.15. The lowest BCUT2D eigenvalue weighted by atomic mass is 9.79. The van der Waals surface area contributed by atoms with Crippen LogP contribution in [0.15, 0.2) is 42.6 Å². The summed E-state index contributed by atoms with van der Waals surface area (Å²) in [6.45, 7) is 7.82. The van der Waals surface area contributed by atoms with Gasteiger partial charge in [0.05, 0.1) is 16.8 Å². The number of alkyl halides is 3. The van der Waals surface area contributed by atoms with Gasteiger partial charge < -0.3 is 19.7 Å². The first-order chi connectivity index (χ1) is 12.9. The van der Waals surface area contributed by atoms with E-state index in [1.165, 1.54) is 0 Å². The van der Waals surface area contributed by atoms with Gasteiger partial charge in [0.25, 0.3) is 0 Å². The fourth-order valence-corrected chi connectivity index (χ4v) is 2.72. The van der Waals surface area contributed by atoms with Crippen molar-refractivity contribution in [2.75, 3.05) is 5.32 Å². The minimum absolute atomic E-state index is 0.0719. The van der Waals surface area contributed by atoms with Gasteiger partial charge in [-0.2, -0.15) is 13.2 Å². The van der Waals surface area contributed by atoms with Gasteiger partial charge in [-0.25, -0.2) is 4.98 Å². The van der Waals surface area contributed by atoms with Crippen LogP contribution < -0.4 is 10.8 Å². The summed E-state index contributed by atoms with van der Waals surface area (Å²) in [5.41, 5.74) is -0.515. The molecule has 0 radical (unpaired) electrons. The summed E-state index contributed by atoms with van der Waals surface area (Å²) in [7, 11) is -0.533. The molecule has 0 aliphatic carbocycles. The summed E-state index contributed by atoms with van der Waals surface area (Å²) in [4.78, 5) is 3.82. The quantitative estimate of drug-likeness (QED) is 0.614. The lowest BCUT2D eigenvalue weighted by Gasteiger charge is -2.32. The molecule has 5 nitrogen and oxygen atoms in total. The molecule has 1 aliphatic rings. The number of halogens is 3. The Kier molecular flexibility index (Phi) is 5.20. The van der Waals surface area contributed by atoms with Crippen molar-refractivity contribution in [3.8, 4) is 0 Å². The van der Waals surface area contributed by atoms with Crippen LogP contribution in [0.3, 0.4) is 0 Å². The van der Waals surface area contributed by atoms with Gasteiger partial charge in [0.2, 0.25) is 0 Å². The number of nitrogens with one attached hydrogen (secondary N) is 1. The van der Waals surface area contributed by atoms with Crippen molar-refractivity contribution < 1.29 is 27.6 Å².